The third-order valence-corrected chi connectivity index (χ3v) is 5.14. The molecule has 1 N–H and O–H groups in total. The van der Waals surface area contributed by atoms with Crippen LogP contribution in [-0.2, 0) is 11.3 Å². The van der Waals surface area contributed by atoms with Crippen molar-refractivity contribution in [2.24, 2.45) is 0 Å². The van der Waals surface area contributed by atoms with Crippen molar-refractivity contribution in [2.75, 3.05) is 60.0 Å². The summed E-state index contributed by atoms with van der Waals surface area (Å²) in [5.41, 5.74) is 0. The normalized spacial score (nSPS) is 17.6. The van der Waals surface area contributed by atoms with Crippen molar-refractivity contribution in [3.8, 4) is 0 Å². The number of rotatable bonds is 8. The molecule has 24 heavy (non-hydrogen) atoms. The summed E-state index contributed by atoms with van der Waals surface area (Å²) in [6.07, 6.45) is 1.77. The van der Waals surface area contributed by atoms with E-state index in [2.05, 4.69) is 34.1 Å². The molecule has 0 aromatic carbocycles. The molecule has 0 bridgehead atoms. The van der Waals surface area contributed by atoms with Crippen molar-refractivity contribution in [3.05, 3.63) is 16.6 Å². The molecule has 2 rings (SSSR count). The first-order chi connectivity index (χ1) is 11.6. The molecule has 7 nitrogen and oxygen atoms in total. The summed E-state index contributed by atoms with van der Waals surface area (Å²) >= 11 is 1.56. The molecule has 1 aliphatic heterocycles. The number of aromatic nitrogens is 1. The predicted molar refractivity (Wildman–Crippen MR) is 96.3 cm³/mol. The number of nitrogens with one attached hydrogen (secondary N) is 1. The first-order valence-corrected chi connectivity index (χ1v) is 9.30. The molecule has 1 aromatic rings. The molecular formula is C16H29N5O2S. The third kappa shape index (κ3) is 6.01. The minimum absolute atomic E-state index is 0.0526. The number of nitrogens with zero attached hydrogens (tertiary/aromatic N) is 4. The van der Waals surface area contributed by atoms with Crippen LogP contribution in [-0.4, -0.2) is 91.8 Å². The largest absolute Gasteiger partial charge is 0.383 e. The summed E-state index contributed by atoms with van der Waals surface area (Å²) in [6, 6.07) is 0.287. The highest BCUT2D eigenvalue weighted by molar-refractivity contribution is 7.09. The highest BCUT2D eigenvalue weighted by Crippen LogP contribution is 2.09. The van der Waals surface area contributed by atoms with Crippen molar-refractivity contribution in [2.45, 2.75) is 19.5 Å². The molecule has 8 heteroatoms. The van der Waals surface area contributed by atoms with Gasteiger partial charge < -0.3 is 19.9 Å². The SMILES string of the molecule is COCCN(Cc1nccs1)C(=O)NC[C@H](C)N1CCN(C)CC1. The maximum Gasteiger partial charge on any atom is 0.317 e. The number of urea groups is 1. The van der Waals surface area contributed by atoms with E-state index in [1.165, 1.54) is 0 Å². The van der Waals surface area contributed by atoms with Crippen molar-refractivity contribution < 1.29 is 9.53 Å². The van der Waals surface area contributed by atoms with Gasteiger partial charge in [-0.2, -0.15) is 0 Å². The fourth-order valence-electron chi connectivity index (χ4n) is 2.69. The topological polar surface area (TPSA) is 60.9 Å². The number of carbonyl (C=O) groups is 1. The van der Waals surface area contributed by atoms with Gasteiger partial charge in [-0.15, -0.1) is 11.3 Å². The van der Waals surface area contributed by atoms with E-state index in [1.807, 2.05) is 5.38 Å². The molecule has 0 spiro atoms. The average molecular weight is 356 g/mol. The van der Waals surface area contributed by atoms with Gasteiger partial charge in [0.25, 0.3) is 0 Å². The van der Waals surface area contributed by atoms with Gasteiger partial charge in [-0.05, 0) is 14.0 Å². The number of likely N-dealkylation sites (N-methyl/N-ethyl adjacent to an activating group) is 1. The van der Waals surface area contributed by atoms with Gasteiger partial charge in [0.1, 0.15) is 5.01 Å². The molecule has 1 fully saturated rings. The quantitative estimate of drug-likeness (QED) is 0.752. The van der Waals surface area contributed by atoms with E-state index in [0.29, 0.717) is 32.3 Å². The molecule has 0 saturated carbocycles. The zero-order valence-electron chi connectivity index (χ0n) is 14.9. The Labute approximate surface area is 148 Å². The number of hydrogen-bond acceptors (Lipinski definition) is 6. The van der Waals surface area contributed by atoms with Crippen molar-refractivity contribution >= 4 is 17.4 Å². The van der Waals surface area contributed by atoms with Gasteiger partial charge in [0.2, 0.25) is 0 Å². The standard InChI is InChI=1S/C16H29N5O2S/c1-14(20-7-5-19(2)6-8-20)12-18-16(22)21(9-10-23-3)13-15-17-4-11-24-15/h4,11,14H,5-10,12-13H2,1-3H3,(H,18,22)/t14-/m0/s1. The van der Waals surface area contributed by atoms with Gasteiger partial charge >= 0.3 is 6.03 Å². The van der Waals surface area contributed by atoms with Gasteiger partial charge in [0.05, 0.1) is 13.2 Å². The first kappa shape index (κ1) is 19.1. The molecule has 0 radical (unpaired) electrons. The Hall–Kier alpha value is -1.22. The van der Waals surface area contributed by atoms with Gasteiger partial charge in [0, 0.05) is 64.0 Å². The van der Waals surface area contributed by atoms with Crippen LogP contribution in [0.1, 0.15) is 11.9 Å². The fourth-order valence-corrected chi connectivity index (χ4v) is 3.32. The van der Waals surface area contributed by atoms with Crippen LogP contribution in [0.5, 0.6) is 0 Å². The monoisotopic (exact) mass is 355 g/mol. The smallest absolute Gasteiger partial charge is 0.317 e. The Bertz CT molecular complexity index is 477. The highest BCUT2D eigenvalue weighted by atomic mass is 32.1. The molecule has 2 heterocycles. The zero-order chi connectivity index (χ0) is 17.4. The van der Waals surface area contributed by atoms with Crippen LogP contribution in [0, 0.1) is 0 Å². The fraction of sp³-hybridized carbons (Fsp3) is 0.750. The van der Waals surface area contributed by atoms with Crippen LogP contribution in [0.2, 0.25) is 0 Å². The summed E-state index contributed by atoms with van der Waals surface area (Å²) in [5, 5.41) is 5.93. The Balaban J connectivity index is 1.80. The Kier molecular flexibility index (Phi) is 7.90. The second kappa shape index (κ2) is 9.93. The third-order valence-electron chi connectivity index (χ3n) is 4.37. The van der Waals surface area contributed by atoms with E-state index in [4.69, 9.17) is 4.74 Å². The van der Waals surface area contributed by atoms with Gasteiger partial charge in [-0.3, -0.25) is 4.90 Å². The number of thiazole rings is 1. The molecule has 0 unspecified atom stereocenters. The molecule has 0 aliphatic carbocycles. The molecule has 136 valence electrons. The average Bonchev–Trinajstić information content (AvgIpc) is 3.10. The lowest BCUT2D eigenvalue weighted by Crippen LogP contribution is -2.52. The first-order valence-electron chi connectivity index (χ1n) is 8.43. The number of methoxy groups -OCH3 is 1. The van der Waals surface area contributed by atoms with Crippen LogP contribution in [0.25, 0.3) is 0 Å². The summed E-state index contributed by atoms with van der Waals surface area (Å²) < 4.78 is 5.12. The van der Waals surface area contributed by atoms with E-state index < -0.39 is 0 Å². The molecular weight excluding hydrogens is 326 g/mol. The van der Waals surface area contributed by atoms with Crippen LogP contribution in [0.15, 0.2) is 11.6 Å². The number of hydrogen-bond donors (Lipinski definition) is 1. The lowest BCUT2D eigenvalue weighted by atomic mass is 10.2. The van der Waals surface area contributed by atoms with Gasteiger partial charge in [0.15, 0.2) is 0 Å². The highest BCUT2D eigenvalue weighted by Gasteiger charge is 2.21. The van der Waals surface area contributed by atoms with E-state index in [9.17, 15) is 4.79 Å². The summed E-state index contributed by atoms with van der Waals surface area (Å²) in [5.74, 6) is 0. The Morgan fingerprint density at radius 2 is 2.21 bits per heavy atom. The van der Waals surface area contributed by atoms with E-state index in [1.54, 1.807) is 29.5 Å². The van der Waals surface area contributed by atoms with E-state index in [-0.39, 0.29) is 6.03 Å². The molecule has 1 aromatic heterocycles. The van der Waals surface area contributed by atoms with Crippen LogP contribution in [0.3, 0.4) is 0 Å². The number of ether oxygens (including phenoxy) is 1. The Morgan fingerprint density at radius 1 is 1.46 bits per heavy atom. The van der Waals surface area contributed by atoms with Crippen LogP contribution < -0.4 is 5.32 Å². The minimum atomic E-state index is -0.0526. The second-order valence-electron chi connectivity index (χ2n) is 6.21. The lowest BCUT2D eigenvalue weighted by Gasteiger charge is -2.36. The summed E-state index contributed by atoms with van der Waals surface area (Å²) in [4.78, 5) is 23.3. The van der Waals surface area contributed by atoms with Gasteiger partial charge in [-0.25, -0.2) is 9.78 Å². The Morgan fingerprint density at radius 3 is 2.83 bits per heavy atom. The lowest BCUT2D eigenvalue weighted by molar-refractivity contribution is 0.115. The summed E-state index contributed by atoms with van der Waals surface area (Å²) in [6.45, 7) is 8.72. The van der Waals surface area contributed by atoms with Crippen LogP contribution >= 0.6 is 11.3 Å². The van der Waals surface area contributed by atoms with E-state index >= 15 is 0 Å². The van der Waals surface area contributed by atoms with Crippen molar-refractivity contribution in [1.29, 1.82) is 0 Å². The number of amides is 2. The molecule has 1 atom stereocenters. The van der Waals surface area contributed by atoms with Gasteiger partial charge in [-0.1, -0.05) is 0 Å². The second-order valence-corrected chi connectivity index (χ2v) is 7.19. The molecule has 1 saturated heterocycles. The molecule has 2 amide bonds. The number of piperazine rings is 1. The summed E-state index contributed by atoms with van der Waals surface area (Å²) in [7, 11) is 3.80. The minimum Gasteiger partial charge on any atom is -0.383 e. The predicted octanol–water partition coefficient (Wildman–Crippen LogP) is 0.937. The van der Waals surface area contributed by atoms with Crippen LogP contribution in [0.4, 0.5) is 4.79 Å². The maximum atomic E-state index is 12.5. The zero-order valence-corrected chi connectivity index (χ0v) is 15.7. The van der Waals surface area contributed by atoms with Crippen molar-refractivity contribution in [3.63, 3.8) is 0 Å². The van der Waals surface area contributed by atoms with E-state index in [0.717, 1.165) is 31.2 Å². The maximum absolute atomic E-state index is 12.5. The number of carbonyl (C=O) groups excluding carboxylic acids is 1. The van der Waals surface area contributed by atoms with Crippen molar-refractivity contribution in [1.82, 2.24) is 25.0 Å². The molecule has 1 aliphatic rings.